The van der Waals surface area contributed by atoms with Gasteiger partial charge in [-0.15, -0.1) is 0 Å². The SMILES string of the molecule is COc1ccc(-c2cn3c(n2)sc2cc(C(=O)N[C@H]4CCCC[C@H]4C)ccc23)cc1. The Morgan fingerprint density at radius 2 is 1.97 bits per heavy atom. The second-order valence-corrected chi connectivity index (χ2v) is 9.14. The molecule has 5 rings (SSSR count). The summed E-state index contributed by atoms with van der Waals surface area (Å²) in [5.41, 5.74) is 3.78. The minimum absolute atomic E-state index is 0.0283. The van der Waals surface area contributed by atoms with E-state index in [0.717, 1.165) is 44.2 Å². The van der Waals surface area contributed by atoms with E-state index in [1.54, 1.807) is 18.4 Å². The molecule has 0 saturated heterocycles. The summed E-state index contributed by atoms with van der Waals surface area (Å²) in [5.74, 6) is 1.41. The molecule has 0 radical (unpaired) electrons. The molecule has 1 N–H and O–H groups in total. The monoisotopic (exact) mass is 419 g/mol. The number of fused-ring (bicyclic) bond motifs is 3. The van der Waals surface area contributed by atoms with Gasteiger partial charge in [0.05, 0.1) is 23.0 Å². The van der Waals surface area contributed by atoms with E-state index in [-0.39, 0.29) is 11.9 Å². The second-order valence-electron chi connectivity index (χ2n) is 8.13. The fraction of sp³-hybridized carbons (Fsp3) is 0.333. The number of nitrogens with one attached hydrogen (secondary N) is 1. The number of carbonyl (C=O) groups is 1. The molecule has 154 valence electrons. The summed E-state index contributed by atoms with van der Waals surface area (Å²) in [6.45, 7) is 2.24. The molecule has 2 heterocycles. The van der Waals surface area contributed by atoms with Crippen LogP contribution in [-0.4, -0.2) is 28.4 Å². The van der Waals surface area contributed by atoms with Crippen molar-refractivity contribution in [2.75, 3.05) is 7.11 Å². The average Bonchev–Trinajstić information content (AvgIpc) is 3.33. The fourth-order valence-corrected chi connectivity index (χ4v) is 5.37. The summed E-state index contributed by atoms with van der Waals surface area (Å²) in [4.78, 5) is 18.5. The maximum Gasteiger partial charge on any atom is 0.251 e. The van der Waals surface area contributed by atoms with Gasteiger partial charge in [-0.25, -0.2) is 4.98 Å². The maximum atomic E-state index is 12.8. The third kappa shape index (κ3) is 3.45. The van der Waals surface area contributed by atoms with Gasteiger partial charge in [-0.1, -0.05) is 31.1 Å². The van der Waals surface area contributed by atoms with Gasteiger partial charge in [0.2, 0.25) is 0 Å². The van der Waals surface area contributed by atoms with Crippen molar-refractivity contribution >= 4 is 32.4 Å². The van der Waals surface area contributed by atoms with E-state index in [0.29, 0.717) is 5.92 Å². The van der Waals surface area contributed by atoms with E-state index < -0.39 is 0 Å². The first-order valence-electron chi connectivity index (χ1n) is 10.5. The van der Waals surface area contributed by atoms with E-state index in [1.807, 2.05) is 42.5 Å². The van der Waals surface area contributed by atoms with Gasteiger partial charge in [0, 0.05) is 23.4 Å². The highest BCUT2D eigenvalue weighted by molar-refractivity contribution is 7.23. The zero-order valence-electron chi connectivity index (χ0n) is 17.2. The minimum Gasteiger partial charge on any atom is -0.497 e. The number of nitrogens with zero attached hydrogens (tertiary/aromatic N) is 2. The Hall–Kier alpha value is -2.86. The number of hydrogen-bond acceptors (Lipinski definition) is 4. The van der Waals surface area contributed by atoms with Gasteiger partial charge in [0.25, 0.3) is 5.91 Å². The average molecular weight is 420 g/mol. The number of rotatable bonds is 4. The maximum absolute atomic E-state index is 12.8. The molecule has 1 saturated carbocycles. The van der Waals surface area contributed by atoms with E-state index in [9.17, 15) is 4.79 Å². The van der Waals surface area contributed by atoms with Crippen molar-refractivity contribution in [3.05, 3.63) is 54.2 Å². The molecular formula is C24H25N3O2S. The molecule has 2 aromatic carbocycles. The Bertz CT molecular complexity index is 1210. The van der Waals surface area contributed by atoms with Gasteiger partial charge >= 0.3 is 0 Å². The van der Waals surface area contributed by atoms with Crippen LogP contribution >= 0.6 is 11.3 Å². The van der Waals surface area contributed by atoms with Gasteiger partial charge in [-0.05, 0) is 61.2 Å². The van der Waals surface area contributed by atoms with E-state index >= 15 is 0 Å². The molecule has 0 unspecified atom stereocenters. The molecule has 4 aromatic rings. The van der Waals surface area contributed by atoms with Crippen LogP contribution in [0.4, 0.5) is 0 Å². The number of amides is 1. The Morgan fingerprint density at radius 3 is 2.73 bits per heavy atom. The van der Waals surface area contributed by atoms with Crippen LogP contribution in [0.5, 0.6) is 5.75 Å². The van der Waals surface area contributed by atoms with Crippen molar-refractivity contribution in [3.8, 4) is 17.0 Å². The third-order valence-corrected chi connectivity index (χ3v) is 7.19. The smallest absolute Gasteiger partial charge is 0.251 e. The molecule has 0 spiro atoms. The molecule has 2 aromatic heterocycles. The first-order chi connectivity index (χ1) is 14.6. The van der Waals surface area contributed by atoms with E-state index in [1.165, 1.54) is 19.3 Å². The topological polar surface area (TPSA) is 55.6 Å². The Balaban J connectivity index is 1.41. The fourth-order valence-electron chi connectivity index (χ4n) is 4.33. The predicted octanol–water partition coefficient (Wildman–Crippen LogP) is 5.53. The van der Waals surface area contributed by atoms with Gasteiger partial charge in [0.15, 0.2) is 4.96 Å². The van der Waals surface area contributed by atoms with Crippen molar-refractivity contribution < 1.29 is 9.53 Å². The molecule has 5 nitrogen and oxygen atoms in total. The molecule has 1 aliphatic carbocycles. The van der Waals surface area contributed by atoms with Crippen molar-refractivity contribution in [3.63, 3.8) is 0 Å². The largest absolute Gasteiger partial charge is 0.497 e. The summed E-state index contributed by atoms with van der Waals surface area (Å²) in [5, 5.41) is 3.25. The lowest BCUT2D eigenvalue weighted by Gasteiger charge is -2.29. The zero-order valence-corrected chi connectivity index (χ0v) is 18.0. The Kier molecular flexibility index (Phi) is 4.95. The summed E-state index contributed by atoms with van der Waals surface area (Å²) in [7, 11) is 1.66. The van der Waals surface area contributed by atoms with Crippen LogP contribution in [0.1, 0.15) is 43.0 Å². The number of thiazole rings is 1. The number of aromatic nitrogens is 2. The van der Waals surface area contributed by atoms with E-state index in [2.05, 4.69) is 22.8 Å². The molecule has 1 fully saturated rings. The first-order valence-corrected chi connectivity index (χ1v) is 11.3. The number of hydrogen-bond donors (Lipinski definition) is 1. The molecule has 1 aliphatic rings. The van der Waals surface area contributed by atoms with Crippen LogP contribution in [0.25, 0.3) is 26.4 Å². The van der Waals surface area contributed by atoms with Crippen molar-refractivity contribution in [2.24, 2.45) is 5.92 Å². The van der Waals surface area contributed by atoms with Gasteiger partial charge in [0.1, 0.15) is 5.75 Å². The molecular weight excluding hydrogens is 394 g/mol. The number of ether oxygens (including phenoxy) is 1. The van der Waals surface area contributed by atoms with Crippen LogP contribution in [-0.2, 0) is 0 Å². The number of carbonyl (C=O) groups excluding carboxylic acids is 1. The number of benzene rings is 2. The van der Waals surface area contributed by atoms with Gasteiger partial charge in [-0.3, -0.25) is 9.20 Å². The van der Waals surface area contributed by atoms with Crippen LogP contribution in [0.2, 0.25) is 0 Å². The van der Waals surface area contributed by atoms with Crippen molar-refractivity contribution in [1.29, 1.82) is 0 Å². The highest BCUT2D eigenvalue weighted by atomic mass is 32.1. The van der Waals surface area contributed by atoms with Crippen LogP contribution in [0.3, 0.4) is 0 Å². The molecule has 6 heteroatoms. The van der Waals surface area contributed by atoms with Crippen molar-refractivity contribution in [2.45, 2.75) is 38.6 Å². The molecule has 0 bridgehead atoms. The minimum atomic E-state index is 0.0283. The first kappa shape index (κ1) is 19.1. The Labute approximate surface area is 179 Å². The highest BCUT2D eigenvalue weighted by Crippen LogP contribution is 2.31. The van der Waals surface area contributed by atoms with Crippen LogP contribution < -0.4 is 10.1 Å². The molecule has 0 aliphatic heterocycles. The lowest BCUT2D eigenvalue weighted by atomic mass is 9.86. The van der Waals surface area contributed by atoms with Crippen LogP contribution in [0, 0.1) is 5.92 Å². The van der Waals surface area contributed by atoms with E-state index in [4.69, 9.17) is 9.72 Å². The number of imidazole rings is 1. The second kappa shape index (κ2) is 7.76. The predicted molar refractivity (Wildman–Crippen MR) is 121 cm³/mol. The molecule has 2 atom stereocenters. The highest BCUT2D eigenvalue weighted by Gasteiger charge is 2.23. The summed E-state index contributed by atoms with van der Waals surface area (Å²) in [6.07, 6.45) is 6.80. The normalized spacial score (nSPS) is 19.3. The quantitative estimate of drug-likeness (QED) is 0.473. The zero-order chi connectivity index (χ0) is 20.7. The standard InChI is InChI=1S/C24H25N3O2S/c1-15-5-3-4-6-19(15)25-23(28)17-9-12-21-22(13-17)30-24-26-20(14-27(21)24)16-7-10-18(29-2)11-8-16/h7-15,19H,3-6H2,1-2H3,(H,25,28)/t15-,19+/m1/s1. The summed E-state index contributed by atoms with van der Waals surface area (Å²) in [6, 6.07) is 14.1. The Morgan fingerprint density at radius 1 is 1.17 bits per heavy atom. The molecule has 30 heavy (non-hydrogen) atoms. The van der Waals surface area contributed by atoms with Crippen molar-refractivity contribution in [1.82, 2.24) is 14.7 Å². The lowest BCUT2D eigenvalue weighted by Crippen LogP contribution is -2.41. The summed E-state index contributed by atoms with van der Waals surface area (Å²) < 4.78 is 8.41. The number of methoxy groups -OCH3 is 1. The van der Waals surface area contributed by atoms with Gasteiger partial charge in [-0.2, -0.15) is 0 Å². The summed E-state index contributed by atoms with van der Waals surface area (Å²) >= 11 is 1.61. The third-order valence-electron chi connectivity index (χ3n) is 6.17. The van der Waals surface area contributed by atoms with Crippen LogP contribution in [0.15, 0.2) is 48.7 Å². The van der Waals surface area contributed by atoms with Gasteiger partial charge < -0.3 is 10.1 Å². The molecule has 1 amide bonds. The lowest BCUT2D eigenvalue weighted by molar-refractivity contribution is 0.0910.